The van der Waals surface area contributed by atoms with E-state index in [0.717, 1.165) is 15.6 Å². The van der Waals surface area contributed by atoms with Gasteiger partial charge in [-0.05, 0) is 36.1 Å². The summed E-state index contributed by atoms with van der Waals surface area (Å²) in [7, 11) is 0. The molecule has 2 amide bonds. The van der Waals surface area contributed by atoms with E-state index >= 15 is 0 Å². The molecule has 1 aromatic heterocycles. The molecule has 0 unspecified atom stereocenters. The Morgan fingerprint density at radius 3 is 2.61 bits per heavy atom. The first-order chi connectivity index (χ1) is 11.0. The summed E-state index contributed by atoms with van der Waals surface area (Å²) in [6.45, 7) is 4.47. The van der Waals surface area contributed by atoms with E-state index in [0.29, 0.717) is 31.1 Å². The molecular weight excluding hydrogens is 317 g/mol. The maximum Gasteiger partial charge on any atom is 0.264 e. The van der Waals surface area contributed by atoms with E-state index in [1.54, 1.807) is 11.0 Å². The Kier molecular flexibility index (Phi) is 4.32. The first-order valence-corrected chi connectivity index (χ1v) is 8.26. The van der Waals surface area contributed by atoms with Gasteiger partial charge in [-0.3, -0.25) is 14.5 Å². The predicted octanol–water partition coefficient (Wildman–Crippen LogP) is 1.59. The van der Waals surface area contributed by atoms with E-state index in [4.69, 9.17) is 5.73 Å². The molecular formula is C16H18FN3O2S. The van der Waals surface area contributed by atoms with Crippen molar-refractivity contribution in [3.05, 3.63) is 34.5 Å². The van der Waals surface area contributed by atoms with Crippen LogP contribution in [-0.4, -0.2) is 54.3 Å². The topological polar surface area (TPSA) is 66.6 Å². The number of nitrogens with two attached hydrogens (primary N) is 1. The van der Waals surface area contributed by atoms with Crippen molar-refractivity contribution in [2.45, 2.75) is 6.92 Å². The molecule has 1 aromatic carbocycles. The number of rotatable bonds is 3. The smallest absolute Gasteiger partial charge is 0.264 e. The molecule has 2 N–H and O–H groups in total. The third-order valence-electron chi connectivity index (χ3n) is 4.13. The van der Waals surface area contributed by atoms with Crippen LogP contribution in [0.15, 0.2) is 18.2 Å². The van der Waals surface area contributed by atoms with Crippen molar-refractivity contribution >= 4 is 33.2 Å². The van der Waals surface area contributed by atoms with Gasteiger partial charge in [-0.1, -0.05) is 0 Å². The van der Waals surface area contributed by atoms with Crippen molar-refractivity contribution in [1.82, 2.24) is 9.80 Å². The average Bonchev–Trinajstić information content (AvgIpc) is 2.84. The van der Waals surface area contributed by atoms with Gasteiger partial charge in [0, 0.05) is 30.9 Å². The average molecular weight is 335 g/mol. The van der Waals surface area contributed by atoms with Gasteiger partial charge in [0.1, 0.15) is 5.82 Å². The molecule has 0 aliphatic carbocycles. The predicted molar refractivity (Wildman–Crippen MR) is 88.1 cm³/mol. The molecule has 23 heavy (non-hydrogen) atoms. The zero-order valence-electron chi connectivity index (χ0n) is 12.8. The molecule has 0 radical (unpaired) electrons. The van der Waals surface area contributed by atoms with Crippen molar-refractivity contribution < 1.29 is 14.0 Å². The van der Waals surface area contributed by atoms with Gasteiger partial charge in [0.05, 0.1) is 11.4 Å². The lowest BCUT2D eigenvalue weighted by molar-refractivity contribution is -0.119. The molecule has 0 saturated carbocycles. The molecule has 122 valence electrons. The van der Waals surface area contributed by atoms with E-state index < -0.39 is 0 Å². The zero-order valence-corrected chi connectivity index (χ0v) is 13.7. The second-order valence-electron chi connectivity index (χ2n) is 5.73. The Bertz CT molecular complexity index is 766. The van der Waals surface area contributed by atoms with Gasteiger partial charge in [-0.2, -0.15) is 0 Å². The van der Waals surface area contributed by atoms with Gasteiger partial charge in [-0.15, -0.1) is 11.3 Å². The molecule has 1 aliphatic heterocycles. The lowest BCUT2D eigenvalue weighted by Crippen LogP contribution is -2.50. The normalized spacial score (nSPS) is 16.0. The molecule has 0 atom stereocenters. The fourth-order valence-corrected chi connectivity index (χ4v) is 4.03. The molecule has 0 bridgehead atoms. The van der Waals surface area contributed by atoms with E-state index in [9.17, 15) is 14.0 Å². The Balaban J connectivity index is 1.76. The number of nitrogens with zero attached hydrogens (tertiary/aromatic N) is 2. The number of hydrogen-bond donors (Lipinski definition) is 1. The quantitative estimate of drug-likeness (QED) is 0.926. The van der Waals surface area contributed by atoms with Crippen molar-refractivity contribution in [2.24, 2.45) is 5.73 Å². The van der Waals surface area contributed by atoms with Crippen LogP contribution in [0.5, 0.6) is 0 Å². The van der Waals surface area contributed by atoms with Crippen molar-refractivity contribution in [2.75, 3.05) is 32.7 Å². The van der Waals surface area contributed by atoms with Crippen molar-refractivity contribution in [1.29, 1.82) is 0 Å². The van der Waals surface area contributed by atoms with Gasteiger partial charge < -0.3 is 10.6 Å². The summed E-state index contributed by atoms with van der Waals surface area (Å²) in [6.07, 6.45) is 0. The van der Waals surface area contributed by atoms with Crippen molar-refractivity contribution in [3.8, 4) is 0 Å². The summed E-state index contributed by atoms with van der Waals surface area (Å²) in [5, 5.41) is 0.797. The second-order valence-corrected chi connectivity index (χ2v) is 6.78. The van der Waals surface area contributed by atoms with E-state index in [2.05, 4.69) is 0 Å². The summed E-state index contributed by atoms with van der Waals surface area (Å²) >= 11 is 1.40. The van der Waals surface area contributed by atoms with Crippen LogP contribution in [0.3, 0.4) is 0 Å². The highest BCUT2D eigenvalue weighted by atomic mass is 32.1. The minimum absolute atomic E-state index is 0.0252. The fraction of sp³-hybridized carbons (Fsp3) is 0.375. The van der Waals surface area contributed by atoms with Crippen molar-refractivity contribution in [3.63, 3.8) is 0 Å². The number of carbonyl (C=O) groups excluding carboxylic acids is 2. The van der Waals surface area contributed by atoms with Crippen LogP contribution in [-0.2, 0) is 4.79 Å². The van der Waals surface area contributed by atoms with Crippen LogP contribution in [0.1, 0.15) is 15.2 Å². The number of piperazine rings is 1. The summed E-state index contributed by atoms with van der Waals surface area (Å²) in [5.41, 5.74) is 6.02. The van der Waals surface area contributed by atoms with Crippen LogP contribution in [0.4, 0.5) is 4.39 Å². The molecule has 0 spiro atoms. The van der Waals surface area contributed by atoms with Gasteiger partial charge >= 0.3 is 0 Å². The van der Waals surface area contributed by atoms with Crippen LogP contribution in [0.2, 0.25) is 0 Å². The second kappa shape index (κ2) is 6.25. The number of amides is 2. The Hall–Kier alpha value is -1.99. The van der Waals surface area contributed by atoms with E-state index in [-0.39, 0.29) is 24.2 Å². The molecule has 2 heterocycles. The maximum absolute atomic E-state index is 13.4. The monoisotopic (exact) mass is 335 g/mol. The SMILES string of the molecule is Cc1c(C(=O)N2CCN(CC(N)=O)CC2)sc2ccc(F)cc12. The highest BCUT2D eigenvalue weighted by Crippen LogP contribution is 2.32. The minimum atomic E-state index is -0.354. The number of fused-ring (bicyclic) bond motifs is 1. The number of benzene rings is 1. The lowest BCUT2D eigenvalue weighted by Gasteiger charge is -2.33. The molecule has 1 fully saturated rings. The largest absolute Gasteiger partial charge is 0.369 e. The van der Waals surface area contributed by atoms with Crippen LogP contribution in [0.25, 0.3) is 10.1 Å². The van der Waals surface area contributed by atoms with Gasteiger partial charge in [-0.25, -0.2) is 4.39 Å². The Morgan fingerprint density at radius 1 is 1.26 bits per heavy atom. The number of carbonyl (C=O) groups is 2. The van der Waals surface area contributed by atoms with E-state index in [1.165, 1.54) is 23.5 Å². The summed E-state index contributed by atoms with van der Waals surface area (Å²) in [6, 6.07) is 4.60. The Labute approximate surface area is 137 Å². The van der Waals surface area contributed by atoms with Gasteiger partial charge in [0.2, 0.25) is 5.91 Å². The number of primary amides is 1. The van der Waals surface area contributed by atoms with Crippen LogP contribution < -0.4 is 5.73 Å². The van der Waals surface area contributed by atoms with E-state index in [1.807, 2.05) is 11.8 Å². The molecule has 7 heteroatoms. The highest BCUT2D eigenvalue weighted by Gasteiger charge is 2.25. The summed E-state index contributed by atoms with van der Waals surface area (Å²) < 4.78 is 14.3. The van der Waals surface area contributed by atoms with Crippen LogP contribution in [0, 0.1) is 12.7 Å². The van der Waals surface area contributed by atoms with Crippen LogP contribution >= 0.6 is 11.3 Å². The number of aryl methyl sites for hydroxylation is 1. The molecule has 2 aromatic rings. The number of halogens is 1. The fourth-order valence-electron chi connectivity index (χ4n) is 2.87. The molecule has 5 nitrogen and oxygen atoms in total. The third-order valence-corrected chi connectivity index (χ3v) is 5.39. The lowest BCUT2D eigenvalue weighted by atomic mass is 10.1. The Morgan fingerprint density at radius 2 is 1.96 bits per heavy atom. The number of hydrogen-bond acceptors (Lipinski definition) is 4. The van der Waals surface area contributed by atoms with Gasteiger partial charge in [0.25, 0.3) is 5.91 Å². The maximum atomic E-state index is 13.4. The summed E-state index contributed by atoms with van der Waals surface area (Å²) in [4.78, 5) is 28.1. The molecule has 1 aliphatic rings. The minimum Gasteiger partial charge on any atom is -0.369 e. The zero-order chi connectivity index (χ0) is 16.6. The molecule has 3 rings (SSSR count). The third kappa shape index (κ3) is 3.20. The standard InChI is InChI=1S/C16H18FN3O2S/c1-10-12-8-11(17)2-3-13(12)23-15(10)16(22)20-6-4-19(5-7-20)9-14(18)21/h2-3,8H,4-7,9H2,1H3,(H2,18,21). The first-order valence-electron chi connectivity index (χ1n) is 7.44. The number of thiophene rings is 1. The molecule has 1 saturated heterocycles. The van der Waals surface area contributed by atoms with Gasteiger partial charge in [0.15, 0.2) is 0 Å². The highest BCUT2D eigenvalue weighted by molar-refractivity contribution is 7.21. The first kappa shape index (κ1) is 15.9. The summed E-state index contributed by atoms with van der Waals surface area (Å²) in [5.74, 6) is -0.674.